The second kappa shape index (κ2) is 8.57. The van der Waals surface area contributed by atoms with Gasteiger partial charge in [0.2, 0.25) is 5.91 Å². The fourth-order valence-corrected chi connectivity index (χ4v) is 4.50. The van der Waals surface area contributed by atoms with Crippen molar-refractivity contribution >= 4 is 11.6 Å². The van der Waals surface area contributed by atoms with Crippen molar-refractivity contribution in [3.63, 3.8) is 0 Å². The number of carbonyl (C=O) groups is 1. The standard InChI is InChI=1S/C23H28N6O3/c1-16-10-24-20(25-11-16)12-26-22(30)19-9-23(15-31-19)14-28(7-8-32-23)13-18-17(2)27-21-5-3-4-6-29(18)21/h3-6,10-11,19H,7-9,12-15H2,1-2H3,(H,26,30)/t19-,23-/m0/s1. The maximum absolute atomic E-state index is 12.7. The maximum Gasteiger partial charge on any atom is 0.249 e. The van der Waals surface area contributed by atoms with Crippen molar-refractivity contribution in [3.8, 4) is 0 Å². The zero-order valence-electron chi connectivity index (χ0n) is 18.5. The van der Waals surface area contributed by atoms with Crippen LogP contribution in [-0.2, 0) is 27.4 Å². The van der Waals surface area contributed by atoms with E-state index in [2.05, 4.69) is 42.7 Å². The van der Waals surface area contributed by atoms with Gasteiger partial charge >= 0.3 is 0 Å². The minimum absolute atomic E-state index is 0.149. The van der Waals surface area contributed by atoms with Crippen molar-refractivity contribution < 1.29 is 14.3 Å². The van der Waals surface area contributed by atoms with Gasteiger partial charge in [-0.25, -0.2) is 15.0 Å². The fraction of sp³-hybridized carbons (Fsp3) is 0.478. The largest absolute Gasteiger partial charge is 0.370 e. The van der Waals surface area contributed by atoms with E-state index in [-0.39, 0.29) is 12.5 Å². The molecular weight excluding hydrogens is 408 g/mol. The van der Waals surface area contributed by atoms with Crippen LogP contribution < -0.4 is 5.32 Å². The van der Waals surface area contributed by atoms with E-state index in [1.165, 1.54) is 5.69 Å². The first kappa shape index (κ1) is 21.0. The second-order valence-electron chi connectivity index (χ2n) is 8.71. The third-order valence-corrected chi connectivity index (χ3v) is 6.18. The Morgan fingerprint density at radius 3 is 2.97 bits per heavy atom. The van der Waals surface area contributed by atoms with Crippen molar-refractivity contribution in [2.24, 2.45) is 0 Å². The molecule has 5 heterocycles. The van der Waals surface area contributed by atoms with Crippen molar-refractivity contribution in [1.82, 2.24) is 29.6 Å². The number of carbonyl (C=O) groups excluding carboxylic acids is 1. The van der Waals surface area contributed by atoms with E-state index >= 15 is 0 Å². The molecule has 2 aliphatic rings. The Labute approximate surface area is 186 Å². The van der Waals surface area contributed by atoms with Gasteiger partial charge in [0.05, 0.1) is 31.1 Å². The first-order valence-corrected chi connectivity index (χ1v) is 11.0. The van der Waals surface area contributed by atoms with Gasteiger partial charge in [-0.05, 0) is 31.5 Å². The Morgan fingerprint density at radius 1 is 1.28 bits per heavy atom. The van der Waals surface area contributed by atoms with Crippen LogP contribution in [0, 0.1) is 13.8 Å². The molecule has 3 aromatic rings. The van der Waals surface area contributed by atoms with E-state index in [1.54, 1.807) is 12.4 Å². The molecule has 5 rings (SSSR count). The number of morpholine rings is 1. The van der Waals surface area contributed by atoms with Crippen LogP contribution in [0.4, 0.5) is 0 Å². The summed E-state index contributed by atoms with van der Waals surface area (Å²) in [5, 5.41) is 2.89. The maximum atomic E-state index is 12.7. The number of nitrogens with one attached hydrogen (secondary N) is 1. The minimum Gasteiger partial charge on any atom is -0.370 e. The molecule has 0 aromatic carbocycles. The normalized spacial score (nSPS) is 23.8. The lowest BCUT2D eigenvalue weighted by atomic mass is 9.97. The molecule has 0 aliphatic carbocycles. The quantitative estimate of drug-likeness (QED) is 0.646. The molecule has 0 bridgehead atoms. The highest BCUT2D eigenvalue weighted by molar-refractivity contribution is 5.81. The van der Waals surface area contributed by atoms with E-state index in [4.69, 9.17) is 9.47 Å². The van der Waals surface area contributed by atoms with Gasteiger partial charge in [0, 0.05) is 44.6 Å². The van der Waals surface area contributed by atoms with Gasteiger partial charge in [0.25, 0.3) is 0 Å². The number of ether oxygens (including phenoxy) is 2. The Balaban J connectivity index is 1.20. The Bertz CT molecular complexity index is 1110. The van der Waals surface area contributed by atoms with Crippen LogP contribution in [0.3, 0.4) is 0 Å². The van der Waals surface area contributed by atoms with Crippen molar-refractivity contribution in [2.75, 3.05) is 26.3 Å². The fourth-order valence-electron chi connectivity index (χ4n) is 4.50. The van der Waals surface area contributed by atoms with Crippen LogP contribution in [-0.4, -0.2) is 68.2 Å². The Hall–Kier alpha value is -2.88. The van der Waals surface area contributed by atoms with E-state index in [9.17, 15) is 4.79 Å². The Kier molecular flexibility index (Phi) is 5.62. The molecule has 2 atom stereocenters. The van der Waals surface area contributed by atoms with E-state index in [0.717, 1.165) is 36.5 Å². The number of aromatic nitrogens is 4. The van der Waals surface area contributed by atoms with Gasteiger partial charge in [-0.15, -0.1) is 0 Å². The van der Waals surface area contributed by atoms with Gasteiger partial charge in [0.15, 0.2) is 0 Å². The van der Waals surface area contributed by atoms with E-state index in [0.29, 0.717) is 25.5 Å². The summed E-state index contributed by atoms with van der Waals surface area (Å²) in [4.78, 5) is 28.2. The molecule has 0 unspecified atom stereocenters. The summed E-state index contributed by atoms with van der Waals surface area (Å²) in [6.45, 7) is 7.63. The molecule has 1 amide bonds. The van der Waals surface area contributed by atoms with Crippen LogP contribution in [0.25, 0.3) is 5.65 Å². The lowest BCUT2D eigenvalue weighted by Gasteiger charge is -2.39. The summed E-state index contributed by atoms with van der Waals surface area (Å²) in [6, 6.07) is 6.04. The van der Waals surface area contributed by atoms with Crippen LogP contribution in [0.2, 0.25) is 0 Å². The first-order chi connectivity index (χ1) is 15.5. The van der Waals surface area contributed by atoms with Crippen molar-refractivity contribution in [2.45, 2.75) is 45.1 Å². The van der Waals surface area contributed by atoms with Crippen LogP contribution in [0.15, 0.2) is 36.8 Å². The summed E-state index contributed by atoms with van der Waals surface area (Å²) in [6.07, 6.45) is 5.54. The lowest BCUT2D eigenvalue weighted by molar-refractivity contribution is -0.130. The molecular formula is C23H28N6O3. The predicted molar refractivity (Wildman–Crippen MR) is 117 cm³/mol. The summed E-state index contributed by atoms with van der Waals surface area (Å²) >= 11 is 0. The number of pyridine rings is 1. The number of hydrogen-bond acceptors (Lipinski definition) is 7. The zero-order chi connectivity index (χ0) is 22.1. The predicted octanol–water partition coefficient (Wildman–Crippen LogP) is 1.42. The number of nitrogens with zero attached hydrogens (tertiary/aromatic N) is 5. The van der Waals surface area contributed by atoms with Gasteiger partial charge in [0.1, 0.15) is 23.2 Å². The van der Waals surface area contributed by atoms with Gasteiger partial charge in [-0.1, -0.05) is 6.07 Å². The lowest BCUT2D eigenvalue weighted by Crippen LogP contribution is -2.52. The summed E-state index contributed by atoms with van der Waals surface area (Å²) in [5.41, 5.74) is 3.70. The highest BCUT2D eigenvalue weighted by Crippen LogP contribution is 2.32. The number of rotatable bonds is 5. The van der Waals surface area contributed by atoms with Gasteiger partial charge < -0.3 is 19.2 Å². The third-order valence-electron chi connectivity index (χ3n) is 6.18. The van der Waals surface area contributed by atoms with Crippen LogP contribution in [0.5, 0.6) is 0 Å². The molecule has 168 valence electrons. The summed E-state index contributed by atoms with van der Waals surface area (Å²) in [7, 11) is 0. The number of fused-ring (bicyclic) bond motifs is 1. The first-order valence-electron chi connectivity index (χ1n) is 11.0. The highest BCUT2D eigenvalue weighted by atomic mass is 16.6. The molecule has 9 heteroatoms. The average Bonchev–Trinajstić information content (AvgIpc) is 3.34. The Morgan fingerprint density at radius 2 is 2.12 bits per heavy atom. The molecule has 2 aliphatic heterocycles. The molecule has 0 saturated carbocycles. The summed E-state index contributed by atoms with van der Waals surface area (Å²) < 4.78 is 14.2. The minimum atomic E-state index is -0.530. The molecule has 2 fully saturated rings. The molecule has 0 radical (unpaired) electrons. The van der Waals surface area contributed by atoms with Crippen molar-refractivity contribution in [3.05, 3.63) is 59.6 Å². The third kappa shape index (κ3) is 4.23. The van der Waals surface area contributed by atoms with Gasteiger partial charge in [-0.3, -0.25) is 9.69 Å². The number of imidazole rings is 1. The van der Waals surface area contributed by atoms with E-state index < -0.39 is 11.7 Å². The smallest absolute Gasteiger partial charge is 0.249 e. The number of amides is 1. The molecule has 2 saturated heterocycles. The number of hydrogen-bond donors (Lipinski definition) is 1. The molecule has 3 aromatic heterocycles. The van der Waals surface area contributed by atoms with Crippen molar-refractivity contribution in [1.29, 1.82) is 0 Å². The SMILES string of the molecule is Cc1cnc(CNC(=O)[C@@H]2C[C@@]3(CO2)CN(Cc2c(C)nc4ccccn24)CCO3)nc1. The van der Waals surface area contributed by atoms with Gasteiger partial charge in [-0.2, -0.15) is 0 Å². The summed E-state index contributed by atoms with van der Waals surface area (Å²) in [5.74, 6) is 0.435. The van der Waals surface area contributed by atoms with E-state index in [1.807, 2.05) is 25.1 Å². The zero-order valence-corrected chi connectivity index (χ0v) is 18.5. The topological polar surface area (TPSA) is 93.9 Å². The molecule has 1 spiro atoms. The molecule has 1 N–H and O–H groups in total. The van der Waals surface area contributed by atoms with Crippen LogP contribution >= 0.6 is 0 Å². The molecule has 9 nitrogen and oxygen atoms in total. The highest BCUT2D eigenvalue weighted by Gasteiger charge is 2.47. The molecule has 32 heavy (non-hydrogen) atoms. The second-order valence-corrected chi connectivity index (χ2v) is 8.71. The number of aryl methyl sites for hydroxylation is 2. The van der Waals surface area contributed by atoms with Crippen LogP contribution in [0.1, 0.15) is 29.2 Å². The average molecular weight is 437 g/mol. The monoisotopic (exact) mass is 436 g/mol.